The monoisotopic (exact) mass is 339 g/mol. The number of ether oxygens (including phenoxy) is 2. The van der Waals surface area contributed by atoms with E-state index in [-0.39, 0.29) is 0 Å². The molecule has 0 radical (unpaired) electrons. The van der Waals surface area contributed by atoms with Gasteiger partial charge >= 0.3 is 0 Å². The van der Waals surface area contributed by atoms with E-state index in [1.165, 1.54) is 0 Å². The van der Waals surface area contributed by atoms with Crippen LogP contribution in [0.2, 0.25) is 0 Å². The van der Waals surface area contributed by atoms with E-state index in [0.717, 1.165) is 41.3 Å². The van der Waals surface area contributed by atoms with E-state index < -0.39 is 5.54 Å². The second-order valence-corrected chi connectivity index (χ2v) is 5.91. The van der Waals surface area contributed by atoms with Crippen LogP contribution < -0.4 is 9.47 Å². The van der Waals surface area contributed by atoms with Crippen LogP contribution in [0, 0.1) is 6.92 Å². The first kappa shape index (κ1) is 15.1. The molecule has 0 bridgehead atoms. The number of carbonyl (C=O) groups excluding carboxylic acids is 1. The molecular weight excluding hydrogens is 322 g/mol. The molecule has 0 aromatic heterocycles. The molecule has 1 aromatic carbocycles. The standard InChI is InChI=1S/C15H18BrNO3/c1-10-8-11(16)13(19-2)14(20-3)12(10)15(17-9-18)6-4-5-7-15/h8H,4-7H2,1-3H3. The van der Waals surface area contributed by atoms with Gasteiger partial charge in [-0.25, -0.2) is 4.79 Å². The van der Waals surface area contributed by atoms with E-state index in [0.29, 0.717) is 11.5 Å². The van der Waals surface area contributed by atoms with Crippen molar-refractivity contribution in [2.45, 2.75) is 38.1 Å². The number of nitrogens with zero attached hydrogens (tertiary/aromatic N) is 1. The van der Waals surface area contributed by atoms with Crippen LogP contribution in [0.1, 0.15) is 36.8 Å². The fraction of sp³-hybridized carbons (Fsp3) is 0.533. The summed E-state index contributed by atoms with van der Waals surface area (Å²) in [6, 6.07) is 1.98. The summed E-state index contributed by atoms with van der Waals surface area (Å²) in [6.07, 6.45) is 5.52. The zero-order valence-corrected chi connectivity index (χ0v) is 13.5. The summed E-state index contributed by atoms with van der Waals surface area (Å²) in [5, 5.41) is 0. The largest absolute Gasteiger partial charge is 0.492 e. The molecule has 4 nitrogen and oxygen atoms in total. The molecule has 0 saturated heterocycles. The minimum Gasteiger partial charge on any atom is -0.492 e. The lowest BCUT2D eigenvalue weighted by molar-refractivity contribution is 0.335. The fourth-order valence-corrected chi connectivity index (χ4v) is 3.84. The molecular formula is C15H18BrNO3. The van der Waals surface area contributed by atoms with Crippen LogP contribution in [-0.2, 0) is 10.3 Å². The Kier molecular flexibility index (Phi) is 4.51. The Morgan fingerprint density at radius 3 is 2.35 bits per heavy atom. The van der Waals surface area contributed by atoms with Gasteiger partial charge in [-0.2, -0.15) is 4.99 Å². The summed E-state index contributed by atoms with van der Waals surface area (Å²) >= 11 is 3.49. The van der Waals surface area contributed by atoms with E-state index in [9.17, 15) is 4.79 Å². The van der Waals surface area contributed by atoms with Gasteiger partial charge < -0.3 is 9.47 Å². The van der Waals surface area contributed by atoms with Gasteiger partial charge in [0, 0.05) is 5.56 Å². The molecule has 1 aromatic rings. The third kappa shape index (κ3) is 2.36. The van der Waals surface area contributed by atoms with Crippen LogP contribution in [0.3, 0.4) is 0 Å². The molecule has 0 amide bonds. The Balaban J connectivity index is 2.74. The van der Waals surface area contributed by atoms with Crippen LogP contribution in [0.15, 0.2) is 15.5 Å². The van der Waals surface area contributed by atoms with Crippen molar-refractivity contribution in [2.75, 3.05) is 14.2 Å². The van der Waals surface area contributed by atoms with E-state index >= 15 is 0 Å². The smallest absolute Gasteiger partial charge is 0.235 e. The van der Waals surface area contributed by atoms with E-state index in [1.54, 1.807) is 20.3 Å². The van der Waals surface area contributed by atoms with Gasteiger partial charge in [0.2, 0.25) is 6.08 Å². The molecule has 108 valence electrons. The third-order valence-corrected chi connectivity index (χ3v) is 4.54. The molecule has 1 saturated carbocycles. The first-order valence-corrected chi connectivity index (χ1v) is 7.39. The average molecular weight is 340 g/mol. The highest BCUT2D eigenvalue weighted by Crippen LogP contribution is 2.51. The number of isocyanates is 1. The number of hydrogen-bond acceptors (Lipinski definition) is 4. The first-order valence-electron chi connectivity index (χ1n) is 6.60. The normalized spacial score (nSPS) is 16.6. The number of aliphatic imine (C=N–C) groups is 1. The van der Waals surface area contributed by atoms with Crippen LogP contribution in [0.4, 0.5) is 0 Å². The van der Waals surface area contributed by atoms with Crippen LogP contribution in [0.25, 0.3) is 0 Å². The van der Waals surface area contributed by atoms with Gasteiger partial charge in [0.15, 0.2) is 11.5 Å². The minimum absolute atomic E-state index is 0.523. The lowest BCUT2D eigenvalue weighted by Gasteiger charge is -2.28. The zero-order valence-electron chi connectivity index (χ0n) is 12.0. The summed E-state index contributed by atoms with van der Waals surface area (Å²) in [5.41, 5.74) is 1.46. The summed E-state index contributed by atoms with van der Waals surface area (Å²) in [6.45, 7) is 2.00. The van der Waals surface area contributed by atoms with Crippen molar-refractivity contribution in [3.05, 3.63) is 21.7 Å². The van der Waals surface area contributed by atoms with Crippen molar-refractivity contribution in [1.82, 2.24) is 0 Å². The van der Waals surface area contributed by atoms with Crippen molar-refractivity contribution >= 4 is 22.0 Å². The Hall–Kier alpha value is -1.32. The highest BCUT2D eigenvalue weighted by Gasteiger charge is 2.40. The van der Waals surface area contributed by atoms with Crippen LogP contribution in [0.5, 0.6) is 11.5 Å². The van der Waals surface area contributed by atoms with Crippen molar-refractivity contribution < 1.29 is 14.3 Å². The average Bonchev–Trinajstić information content (AvgIpc) is 2.87. The quantitative estimate of drug-likeness (QED) is 0.617. The van der Waals surface area contributed by atoms with E-state index in [1.807, 2.05) is 13.0 Å². The molecule has 1 fully saturated rings. The van der Waals surface area contributed by atoms with E-state index in [4.69, 9.17) is 9.47 Å². The predicted octanol–water partition coefficient (Wildman–Crippen LogP) is 3.88. The molecule has 20 heavy (non-hydrogen) atoms. The van der Waals surface area contributed by atoms with Crippen LogP contribution >= 0.6 is 15.9 Å². The summed E-state index contributed by atoms with van der Waals surface area (Å²) in [4.78, 5) is 15.0. The molecule has 0 heterocycles. The Bertz CT molecular complexity index is 559. The van der Waals surface area contributed by atoms with Crippen molar-refractivity contribution in [3.63, 3.8) is 0 Å². The van der Waals surface area contributed by atoms with Gasteiger partial charge in [-0.1, -0.05) is 12.8 Å². The van der Waals surface area contributed by atoms with Crippen molar-refractivity contribution in [3.8, 4) is 11.5 Å². The number of benzene rings is 1. The molecule has 0 aliphatic heterocycles. The second kappa shape index (κ2) is 5.98. The molecule has 0 atom stereocenters. The highest BCUT2D eigenvalue weighted by atomic mass is 79.9. The minimum atomic E-state index is -0.523. The molecule has 5 heteroatoms. The molecule has 1 aliphatic rings. The van der Waals surface area contributed by atoms with Crippen molar-refractivity contribution in [1.29, 1.82) is 0 Å². The Morgan fingerprint density at radius 2 is 1.85 bits per heavy atom. The van der Waals surface area contributed by atoms with Gasteiger partial charge in [-0.05, 0) is 47.3 Å². The first-order chi connectivity index (χ1) is 9.59. The molecule has 2 rings (SSSR count). The van der Waals surface area contributed by atoms with Gasteiger partial charge in [-0.3, -0.25) is 0 Å². The summed E-state index contributed by atoms with van der Waals surface area (Å²) < 4.78 is 11.8. The molecule has 0 unspecified atom stereocenters. The molecule has 1 aliphatic carbocycles. The maximum absolute atomic E-state index is 10.9. The molecule has 0 spiro atoms. The predicted molar refractivity (Wildman–Crippen MR) is 80.3 cm³/mol. The Labute approximate surface area is 127 Å². The topological polar surface area (TPSA) is 47.9 Å². The number of methoxy groups -OCH3 is 2. The highest BCUT2D eigenvalue weighted by molar-refractivity contribution is 9.10. The number of aryl methyl sites for hydroxylation is 1. The van der Waals surface area contributed by atoms with Gasteiger partial charge in [0.1, 0.15) is 5.54 Å². The van der Waals surface area contributed by atoms with Crippen molar-refractivity contribution in [2.24, 2.45) is 4.99 Å². The SMILES string of the molecule is COc1c(Br)cc(C)c(C2(N=C=O)CCCC2)c1OC. The second-order valence-electron chi connectivity index (χ2n) is 5.06. The van der Waals surface area contributed by atoms with E-state index in [2.05, 4.69) is 20.9 Å². The number of halogens is 1. The maximum Gasteiger partial charge on any atom is 0.235 e. The number of rotatable bonds is 4. The third-order valence-electron chi connectivity index (χ3n) is 3.95. The zero-order chi connectivity index (χ0) is 14.8. The Morgan fingerprint density at radius 1 is 1.25 bits per heavy atom. The van der Waals surface area contributed by atoms with Crippen LogP contribution in [-0.4, -0.2) is 20.3 Å². The lowest BCUT2D eigenvalue weighted by Crippen LogP contribution is -2.22. The lowest BCUT2D eigenvalue weighted by atomic mass is 9.85. The summed E-state index contributed by atoms with van der Waals surface area (Å²) in [5.74, 6) is 1.29. The van der Waals surface area contributed by atoms with Gasteiger partial charge in [-0.15, -0.1) is 0 Å². The summed E-state index contributed by atoms with van der Waals surface area (Å²) in [7, 11) is 3.21. The fourth-order valence-electron chi connectivity index (χ4n) is 3.16. The van der Waals surface area contributed by atoms with Gasteiger partial charge in [0.25, 0.3) is 0 Å². The maximum atomic E-state index is 10.9. The molecule has 0 N–H and O–H groups in total. The van der Waals surface area contributed by atoms with Gasteiger partial charge in [0.05, 0.1) is 18.7 Å². The number of hydrogen-bond donors (Lipinski definition) is 0.